The molecule has 1 aromatic heterocycles. The van der Waals surface area contributed by atoms with Crippen LogP contribution in [0, 0.1) is 0 Å². The van der Waals surface area contributed by atoms with Gasteiger partial charge in [0.1, 0.15) is 0 Å². The summed E-state index contributed by atoms with van der Waals surface area (Å²) in [5, 5.41) is 8.37. The van der Waals surface area contributed by atoms with Crippen molar-refractivity contribution in [3.05, 3.63) is 23.5 Å². The van der Waals surface area contributed by atoms with Crippen LogP contribution >= 0.6 is 0 Å². The van der Waals surface area contributed by atoms with E-state index in [1.54, 1.807) is 0 Å². The second kappa shape index (κ2) is 3.52. The van der Waals surface area contributed by atoms with Crippen molar-refractivity contribution < 1.29 is 31.9 Å². The fraction of sp³-hybridized carbons (Fsp3) is 0.286. The van der Waals surface area contributed by atoms with Crippen molar-refractivity contribution in [3.8, 4) is 0 Å². The third-order valence-electron chi connectivity index (χ3n) is 1.61. The third kappa shape index (κ3) is 2.25. The molecule has 0 aliphatic rings. The van der Waals surface area contributed by atoms with Crippen LogP contribution in [0.2, 0.25) is 0 Å². The van der Waals surface area contributed by atoms with E-state index in [0.29, 0.717) is 0 Å². The van der Waals surface area contributed by atoms with Crippen LogP contribution in [0.25, 0.3) is 0 Å². The molecule has 0 saturated carbocycles. The maximum atomic E-state index is 12.2. The lowest BCUT2D eigenvalue weighted by Gasteiger charge is -2.04. The first-order valence-corrected chi connectivity index (χ1v) is 3.53. The summed E-state index contributed by atoms with van der Waals surface area (Å²) in [5.41, 5.74) is -2.78. The van der Waals surface area contributed by atoms with Crippen molar-refractivity contribution in [2.75, 3.05) is 0 Å². The van der Waals surface area contributed by atoms with E-state index >= 15 is 0 Å². The smallest absolute Gasteiger partial charge is 0.418 e. The summed E-state index contributed by atoms with van der Waals surface area (Å²) in [6, 6.07) is 0. The molecule has 0 atom stereocenters. The van der Waals surface area contributed by atoms with Crippen LogP contribution in [0.15, 0.2) is 12.4 Å². The van der Waals surface area contributed by atoms with Crippen molar-refractivity contribution in [2.45, 2.75) is 12.7 Å². The van der Waals surface area contributed by atoms with Gasteiger partial charge in [0, 0.05) is 12.4 Å². The molecular weight excluding hydrogens is 225 g/mol. The van der Waals surface area contributed by atoms with Crippen molar-refractivity contribution in [1.29, 1.82) is 0 Å². The van der Waals surface area contributed by atoms with Gasteiger partial charge in [0.05, 0.1) is 11.1 Å². The number of rotatable bonds is 2. The first kappa shape index (κ1) is 11.5. The Morgan fingerprint density at radius 2 is 1.87 bits per heavy atom. The highest BCUT2D eigenvalue weighted by atomic mass is 19.4. The number of hydrogen-bond acceptors (Lipinski definition) is 1. The van der Waals surface area contributed by atoms with Gasteiger partial charge in [-0.1, -0.05) is 0 Å². The van der Waals surface area contributed by atoms with Gasteiger partial charge in [-0.3, -0.25) is 4.57 Å². The number of aromatic carboxylic acids is 1. The number of halogens is 5. The Kier molecular flexibility index (Phi) is 2.69. The Morgan fingerprint density at radius 3 is 2.13 bits per heavy atom. The fourth-order valence-corrected chi connectivity index (χ4v) is 0.983. The molecule has 0 saturated heterocycles. The van der Waals surface area contributed by atoms with Crippen LogP contribution in [0.3, 0.4) is 0 Å². The van der Waals surface area contributed by atoms with E-state index in [0.717, 1.165) is 0 Å². The molecule has 0 radical (unpaired) electrons. The lowest BCUT2D eigenvalue weighted by molar-refractivity contribution is -0.138. The van der Waals surface area contributed by atoms with Gasteiger partial charge in [0.2, 0.25) is 0 Å². The van der Waals surface area contributed by atoms with Crippen molar-refractivity contribution >= 4 is 5.97 Å². The summed E-state index contributed by atoms with van der Waals surface area (Å²) in [5.74, 6) is -1.90. The zero-order chi connectivity index (χ0) is 11.8. The third-order valence-corrected chi connectivity index (χ3v) is 1.61. The van der Waals surface area contributed by atoms with Crippen LogP contribution in [0.5, 0.6) is 0 Å². The molecule has 0 fully saturated rings. The Bertz CT molecular complexity index is 381. The van der Waals surface area contributed by atoms with Gasteiger partial charge in [-0.25, -0.2) is 4.79 Å². The van der Waals surface area contributed by atoms with Gasteiger partial charge in [-0.15, -0.1) is 0 Å². The van der Waals surface area contributed by atoms with E-state index < -0.39 is 29.8 Å². The molecule has 15 heavy (non-hydrogen) atoms. The first-order chi connectivity index (χ1) is 6.73. The van der Waals surface area contributed by atoms with E-state index in [1.807, 2.05) is 0 Å². The second-order valence-corrected chi connectivity index (χ2v) is 2.61. The highest BCUT2D eigenvalue weighted by Crippen LogP contribution is 2.33. The summed E-state index contributed by atoms with van der Waals surface area (Å²) in [7, 11) is 0. The zero-order valence-electron chi connectivity index (χ0n) is 6.92. The van der Waals surface area contributed by atoms with Crippen molar-refractivity contribution in [1.82, 2.24) is 4.57 Å². The van der Waals surface area contributed by atoms with Crippen LogP contribution in [0.1, 0.15) is 22.5 Å². The Hall–Kier alpha value is -1.60. The molecular formula is C7H4F5NO2. The largest absolute Gasteiger partial charge is 0.478 e. The summed E-state index contributed by atoms with van der Waals surface area (Å²) in [6.45, 7) is -3.21. The fourth-order valence-electron chi connectivity index (χ4n) is 0.983. The maximum absolute atomic E-state index is 12.2. The number of aromatic nitrogens is 1. The monoisotopic (exact) mass is 229 g/mol. The van der Waals surface area contributed by atoms with Gasteiger partial charge >= 0.3 is 18.7 Å². The van der Waals surface area contributed by atoms with Crippen LogP contribution in [-0.4, -0.2) is 15.6 Å². The summed E-state index contributed by atoms with van der Waals surface area (Å²) in [4.78, 5) is 10.3. The second-order valence-electron chi connectivity index (χ2n) is 2.61. The highest BCUT2D eigenvalue weighted by Gasteiger charge is 2.37. The quantitative estimate of drug-likeness (QED) is 0.792. The molecule has 3 nitrogen and oxygen atoms in total. The minimum atomic E-state index is -4.96. The van der Waals surface area contributed by atoms with E-state index in [4.69, 9.17) is 5.11 Å². The van der Waals surface area contributed by atoms with E-state index in [-0.39, 0.29) is 17.0 Å². The van der Waals surface area contributed by atoms with E-state index in [1.165, 1.54) is 0 Å². The van der Waals surface area contributed by atoms with Crippen LogP contribution < -0.4 is 0 Å². The number of carboxylic acids is 1. The van der Waals surface area contributed by atoms with Crippen LogP contribution in [0.4, 0.5) is 22.0 Å². The average molecular weight is 229 g/mol. The molecule has 0 amide bonds. The summed E-state index contributed by atoms with van der Waals surface area (Å²) in [6.07, 6.45) is -4.65. The van der Waals surface area contributed by atoms with Gasteiger partial charge in [-0.05, 0) is 0 Å². The molecule has 0 bridgehead atoms. The Morgan fingerprint density at radius 1 is 1.33 bits per heavy atom. The zero-order valence-corrected chi connectivity index (χ0v) is 6.92. The minimum Gasteiger partial charge on any atom is -0.478 e. The normalized spacial score (nSPS) is 12.1. The number of alkyl halides is 5. The molecule has 0 aliphatic heterocycles. The molecule has 1 aromatic rings. The number of nitrogens with zero attached hydrogens (tertiary/aromatic N) is 1. The maximum Gasteiger partial charge on any atom is 0.418 e. The molecule has 84 valence electrons. The first-order valence-electron chi connectivity index (χ1n) is 3.53. The Balaban J connectivity index is 3.30. The molecule has 1 rings (SSSR count). The summed E-state index contributed by atoms with van der Waals surface area (Å²) >= 11 is 0. The topological polar surface area (TPSA) is 42.2 Å². The van der Waals surface area contributed by atoms with Gasteiger partial charge < -0.3 is 5.11 Å². The highest BCUT2D eigenvalue weighted by molar-refractivity contribution is 5.89. The number of hydrogen-bond donors (Lipinski definition) is 1. The number of carboxylic acid groups (broad SMARTS) is 1. The molecule has 0 spiro atoms. The van der Waals surface area contributed by atoms with Crippen molar-refractivity contribution in [3.63, 3.8) is 0 Å². The van der Waals surface area contributed by atoms with Gasteiger partial charge in [0.15, 0.2) is 0 Å². The molecule has 0 aliphatic carbocycles. The summed E-state index contributed by atoms with van der Waals surface area (Å²) < 4.78 is 60.4. The van der Waals surface area contributed by atoms with Gasteiger partial charge in [-0.2, -0.15) is 22.0 Å². The molecule has 8 heteroatoms. The Labute approximate surface area is 79.7 Å². The standard InChI is InChI=1S/C7H4F5NO2/c8-6(9)13-1-3(5(14)15)4(2-13)7(10,11)12/h1-2,6H,(H,14,15). The number of carbonyl (C=O) groups is 1. The van der Waals surface area contributed by atoms with E-state index in [2.05, 4.69) is 0 Å². The average Bonchev–Trinajstić information content (AvgIpc) is 2.45. The molecule has 0 aromatic carbocycles. The minimum absolute atomic E-state index is 0.0636. The molecule has 1 heterocycles. The SMILES string of the molecule is O=C(O)c1cn(C(F)F)cc1C(F)(F)F. The molecule has 1 N–H and O–H groups in total. The van der Waals surface area contributed by atoms with Gasteiger partial charge in [0.25, 0.3) is 0 Å². The predicted molar refractivity (Wildman–Crippen MR) is 37.6 cm³/mol. The molecule has 0 unspecified atom stereocenters. The van der Waals surface area contributed by atoms with Crippen molar-refractivity contribution in [2.24, 2.45) is 0 Å². The van der Waals surface area contributed by atoms with Crippen LogP contribution in [-0.2, 0) is 6.18 Å². The lowest BCUT2D eigenvalue weighted by atomic mass is 10.2. The lowest BCUT2D eigenvalue weighted by Crippen LogP contribution is -2.09. The van der Waals surface area contributed by atoms with E-state index in [9.17, 15) is 26.7 Å². The predicted octanol–water partition coefficient (Wildman–Crippen LogP) is 2.60.